The third kappa shape index (κ3) is 2.87. The van der Waals surface area contributed by atoms with Crippen molar-refractivity contribution in [1.29, 1.82) is 0 Å². The molecule has 2 rings (SSSR count). The minimum Gasteiger partial charge on any atom is -0.149 e. The third-order valence-corrected chi connectivity index (χ3v) is 4.30. The Labute approximate surface area is 106 Å². The first-order valence-corrected chi connectivity index (χ1v) is 6.80. The second-order valence-electron chi connectivity index (χ2n) is 4.07. The molecule has 2 unspecified atom stereocenters. The minimum atomic E-state index is 0.100. The van der Waals surface area contributed by atoms with E-state index in [1.807, 2.05) is 18.2 Å². The summed E-state index contributed by atoms with van der Waals surface area (Å²) < 4.78 is 0. The molecule has 0 amide bonds. The van der Waals surface area contributed by atoms with Crippen LogP contribution in [-0.4, -0.2) is 0 Å². The highest BCUT2D eigenvalue weighted by atomic mass is 35.5. The molecule has 0 bridgehead atoms. The van der Waals surface area contributed by atoms with Crippen LogP contribution in [0.15, 0.2) is 47.8 Å². The average Bonchev–Trinajstić information content (AvgIpc) is 2.82. The van der Waals surface area contributed by atoms with Crippen LogP contribution in [0.25, 0.3) is 0 Å². The molecule has 84 valence electrons. The maximum atomic E-state index is 6.48. The molecule has 0 radical (unpaired) electrons. The van der Waals surface area contributed by atoms with E-state index in [-0.39, 0.29) is 5.38 Å². The predicted molar refractivity (Wildman–Crippen MR) is 72.2 cm³/mol. The predicted octanol–water partition coefficient (Wildman–Crippen LogP) is 4.91. The Morgan fingerprint density at radius 3 is 2.50 bits per heavy atom. The van der Waals surface area contributed by atoms with Crippen LogP contribution in [0.1, 0.15) is 22.7 Å². The molecule has 16 heavy (non-hydrogen) atoms. The molecule has 0 aliphatic rings. The first-order valence-electron chi connectivity index (χ1n) is 5.49. The van der Waals surface area contributed by atoms with Gasteiger partial charge in [0.15, 0.2) is 0 Å². The van der Waals surface area contributed by atoms with Gasteiger partial charge in [0.25, 0.3) is 0 Å². The van der Waals surface area contributed by atoms with Gasteiger partial charge in [-0.15, -0.1) is 22.9 Å². The van der Waals surface area contributed by atoms with E-state index in [0.717, 1.165) is 6.42 Å². The van der Waals surface area contributed by atoms with Crippen LogP contribution in [0.3, 0.4) is 0 Å². The SMILES string of the molecule is CC(Cc1cccs1)C(Cl)c1ccccc1. The summed E-state index contributed by atoms with van der Waals surface area (Å²) in [5.41, 5.74) is 1.22. The zero-order valence-electron chi connectivity index (χ0n) is 9.27. The van der Waals surface area contributed by atoms with Gasteiger partial charge in [-0.3, -0.25) is 0 Å². The van der Waals surface area contributed by atoms with Crippen molar-refractivity contribution in [2.45, 2.75) is 18.7 Å². The zero-order valence-corrected chi connectivity index (χ0v) is 10.8. The number of benzene rings is 1. The summed E-state index contributed by atoms with van der Waals surface area (Å²) in [5.74, 6) is 0.461. The van der Waals surface area contributed by atoms with Crippen molar-refractivity contribution in [3.63, 3.8) is 0 Å². The van der Waals surface area contributed by atoms with Crippen LogP contribution in [0.4, 0.5) is 0 Å². The third-order valence-electron chi connectivity index (χ3n) is 2.72. The summed E-state index contributed by atoms with van der Waals surface area (Å²) in [6.45, 7) is 2.21. The van der Waals surface area contributed by atoms with Gasteiger partial charge >= 0.3 is 0 Å². The van der Waals surface area contributed by atoms with Crippen LogP contribution >= 0.6 is 22.9 Å². The van der Waals surface area contributed by atoms with Gasteiger partial charge in [0, 0.05) is 4.88 Å². The number of rotatable bonds is 4. The zero-order chi connectivity index (χ0) is 11.4. The molecule has 2 heteroatoms. The summed E-state index contributed by atoms with van der Waals surface area (Å²) in [5, 5.41) is 2.22. The Hall–Kier alpha value is -0.790. The van der Waals surface area contributed by atoms with E-state index in [4.69, 9.17) is 11.6 Å². The van der Waals surface area contributed by atoms with Crippen molar-refractivity contribution >= 4 is 22.9 Å². The number of alkyl halides is 1. The van der Waals surface area contributed by atoms with Crippen molar-refractivity contribution in [2.24, 2.45) is 5.92 Å². The molecular weight excluding hydrogens is 236 g/mol. The Morgan fingerprint density at radius 1 is 1.12 bits per heavy atom. The average molecular weight is 251 g/mol. The molecule has 0 saturated carbocycles. The molecule has 0 nitrogen and oxygen atoms in total. The lowest BCUT2D eigenvalue weighted by molar-refractivity contribution is 0.563. The molecule has 0 N–H and O–H groups in total. The first-order chi connectivity index (χ1) is 7.77. The van der Waals surface area contributed by atoms with Crippen molar-refractivity contribution in [3.8, 4) is 0 Å². The molecule has 0 saturated heterocycles. The van der Waals surface area contributed by atoms with E-state index in [2.05, 4.69) is 36.6 Å². The fourth-order valence-electron chi connectivity index (χ4n) is 1.81. The normalized spacial score (nSPS) is 14.6. The summed E-state index contributed by atoms with van der Waals surface area (Å²) in [6, 6.07) is 14.6. The van der Waals surface area contributed by atoms with Gasteiger partial charge < -0.3 is 0 Å². The minimum absolute atomic E-state index is 0.100. The highest BCUT2D eigenvalue weighted by Gasteiger charge is 2.16. The standard InChI is InChI=1S/C14H15ClS/c1-11(10-13-8-5-9-16-13)14(15)12-6-3-2-4-7-12/h2-9,11,14H,10H2,1H3. The number of hydrogen-bond acceptors (Lipinski definition) is 1. The van der Waals surface area contributed by atoms with Crippen LogP contribution in [-0.2, 0) is 6.42 Å². The Kier molecular flexibility index (Phi) is 4.03. The van der Waals surface area contributed by atoms with Crippen molar-refractivity contribution < 1.29 is 0 Å². The molecule has 2 atom stereocenters. The Balaban J connectivity index is 2.02. The van der Waals surface area contributed by atoms with Crippen LogP contribution < -0.4 is 0 Å². The second kappa shape index (κ2) is 5.51. The van der Waals surface area contributed by atoms with Gasteiger partial charge in [-0.2, -0.15) is 0 Å². The molecule has 0 aliphatic carbocycles. The van der Waals surface area contributed by atoms with Crippen molar-refractivity contribution in [1.82, 2.24) is 0 Å². The van der Waals surface area contributed by atoms with Crippen molar-refractivity contribution in [2.75, 3.05) is 0 Å². The Morgan fingerprint density at radius 2 is 1.88 bits per heavy atom. The summed E-state index contributed by atoms with van der Waals surface area (Å²) in [6.07, 6.45) is 1.06. The van der Waals surface area contributed by atoms with Crippen molar-refractivity contribution in [3.05, 3.63) is 58.3 Å². The van der Waals surface area contributed by atoms with E-state index in [1.165, 1.54) is 10.4 Å². The lowest BCUT2D eigenvalue weighted by Gasteiger charge is -2.17. The van der Waals surface area contributed by atoms with E-state index in [1.54, 1.807) is 11.3 Å². The summed E-state index contributed by atoms with van der Waals surface area (Å²) in [7, 11) is 0. The highest BCUT2D eigenvalue weighted by molar-refractivity contribution is 7.09. The first kappa shape index (κ1) is 11.7. The highest BCUT2D eigenvalue weighted by Crippen LogP contribution is 2.31. The van der Waals surface area contributed by atoms with E-state index < -0.39 is 0 Å². The topological polar surface area (TPSA) is 0 Å². The largest absolute Gasteiger partial charge is 0.149 e. The molecule has 1 aromatic carbocycles. The molecule has 1 heterocycles. The molecular formula is C14H15ClS. The molecule has 0 spiro atoms. The fraction of sp³-hybridized carbons (Fsp3) is 0.286. The number of halogens is 1. The van der Waals surface area contributed by atoms with Gasteiger partial charge in [-0.05, 0) is 29.3 Å². The lowest BCUT2D eigenvalue weighted by atomic mass is 9.97. The smallest absolute Gasteiger partial charge is 0.0614 e. The van der Waals surface area contributed by atoms with Crippen LogP contribution in [0, 0.1) is 5.92 Å². The second-order valence-corrected chi connectivity index (χ2v) is 5.58. The van der Waals surface area contributed by atoms with Crippen LogP contribution in [0.2, 0.25) is 0 Å². The molecule has 1 aromatic heterocycles. The lowest BCUT2D eigenvalue weighted by Crippen LogP contribution is -2.06. The maximum Gasteiger partial charge on any atom is 0.0614 e. The van der Waals surface area contributed by atoms with Gasteiger partial charge in [-0.1, -0.05) is 43.3 Å². The Bertz CT molecular complexity index is 408. The van der Waals surface area contributed by atoms with Gasteiger partial charge in [0.1, 0.15) is 0 Å². The van der Waals surface area contributed by atoms with Gasteiger partial charge in [0.05, 0.1) is 5.38 Å². The monoisotopic (exact) mass is 250 g/mol. The number of hydrogen-bond donors (Lipinski definition) is 0. The van der Waals surface area contributed by atoms with E-state index in [0.29, 0.717) is 5.92 Å². The number of thiophene rings is 1. The molecule has 0 fully saturated rings. The molecule has 2 aromatic rings. The summed E-state index contributed by atoms with van der Waals surface area (Å²) >= 11 is 8.28. The van der Waals surface area contributed by atoms with Crippen LogP contribution in [0.5, 0.6) is 0 Å². The summed E-state index contributed by atoms with van der Waals surface area (Å²) in [4.78, 5) is 1.41. The van der Waals surface area contributed by atoms with Gasteiger partial charge in [-0.25, -0.2) is 0 Å². The molecule has 0 aliphatic heterocycles. The van der Waals surface area contributed by atoms with E-state index >= 15 is 0 Å². The maximum absolute atomic E-state index is 6.48. The van der Waals surface area contributed by atoms with E-state index in [9.17, 15) is 0 Å². The fourth-order valence-corrected chi connectivity index (χ4v) is 2.90. The quantitative estimate of drug-likeness (QED) is 0.677. The van der Waals surface area contributed by atoms with Gasteiger partial charge in [0.2, 0.25) is 0 Å².